The van der Waals surface area contributed by atoms with Gasteiger partial charge in [0.05, 0.1) is 5.92 Å². The summed E-state index contributed by atoms with van der Waals surface area (Å²) in [4.78, 5) is 13.6. The molecular weight excluding hydrogens is 238 g/mol. The van der Waals surface area contributed by atoms with E-state index in [0.717, 1.165) is 37.9 Å². The molecule has 3 heteroatoms. The second kappa shape index (κ2) is 6.74. The summed E-state index contributed by atoms with van der Waals surface area (Å²) in [7, 11) is 0. The lowest BCUT2D eigenvalue weighted by atomic mass is 9.80. The van der Waals surface area contributed by atoms with Crippen LogP contribution < -0.4 is 0 Å². The molecule has 19 heavy (non-hydrogen) atoms. The van der Waals surface area contributed by atoms with Crippen LogP contribution in [-0.2, 0) is 4.79 Å². The fourth-order valence-corrected chi connectivity index (χ4v) is 4.01. The van der Waals surface area contributed by atoms with Crippen LogP contribution in [0.2, 0.25) is 0 Å². The summed E-state index contributed by atoms with van der Waals surface area (Å²) in [6.45, 7) is 7.51. The molecule has 1 heterocycles. The smallest absolute Gasteiger partial charge is 0.307 e. The molecule has 0 amide bonds. The minimum absolute atomic E-state index is 0.144. The molecule has 0 aromatic rings. The summed E-state index contributed by atoms with van der Waals surface area (Å²) in [5, 5.41) is 9.20. The molecule has 2 aliphatic rings. The SMILES string of the molecule is CC1CCCC(CCN2CC(C)CC(C(=O)O)C2)C1. The average Bonchev–Trinajstić information content (AvgIpc) is 2.36. The van der Waals surface area contributed by atoms with E-state index in [2.05, 4.69) is 18.7 Å². The van der Waals surface area contributed by atoms with E-state index < -0.39 is 5.97 Å². The zero-order valence-corrected chi connectivity index (χ0v) is 12.5. The summed E-state index contributed by atoms with van der Waals surface area (Å²) in [5.41, 5.74) is 0. The van der Waals surface area contributed by atoms with Gasteiger partial charge in [0, 0.05) is 13.1 Å². The van der Waals surface area contributed by atoms with Crippen LogP contribution in [0.5, 0.6) is 0 Å². The number of nitrogens with zero attached hydrogens (tertiary/aromatic N) is 1. The molecule has 4 atom stereocenters. The molecule has 4 unspecified atom stereocenters. The highest BCUT2D eigenvalue weighted by Gasteiger charge is 2.29. The van der Waals surface area contributed by atoms with Crippen LogP contribution in [0.4, 0.5) is 0 Å². The van der Waals surface area contributed by atoms with Gasteiger partial charge in [0.1, 0.15) is 0 Å². The lowest BCUT2D eigenvalue weighted by Gasteiger charge is -2.36. The molecule has 2 fully saturated rings. The molecule has 3 nitrogen and oxygen atoms in total. The van der Waals surface area contributed by atoms with Gasteiger partial charge < -0.3 is 10.0 Å². The first-order valence-electron chi connectivity index (χ1n) is 7.99. The molecule has 1 saturated carbocycles. The number of carboxylic acids is 1. The van der Waals surface area contributed by atoms with Crippen LogP contribution in [-0.4, -0.2) is 35.6 Å². The molecule has 0 aromatic carbocycles. The van der Waals surface area contributed by atoms with Gasteiger partial charge >= 0.3 is 5.97 Å². The van der Waals surface area contributed by atoms with Crippen molar-refractivity contribution in [2.24, 2.45) is 23.7 Å². The minimum Gasteiger partial charge on any atom is -0.481 e. The molecule has 1 N–H and O–H groups in total. The van der Waals surface area contributed by atoms with E-state index in [0.29, 0.717) is 5.92 Å². The highest BCUT2D eigenvalue weighted by Crippen LogP contribution is 2.31. The van der Waals surface area contributed by atoms with Gasteiger partial charge in [0.25, 0.3) is 0 Å². The Hall–Kier alpha value is -0.570. The largest absolute Gasteiger partial charge is 0.481 e. The Labute approximate surface area is 117 Å². The number of rotatable bonds is 4. The Morgan fingerprint density at radius 1 is 1.16 bits per heavy atom. The van der Waals surface area contributed by atoms with Crippen molar-refractivity contribution >= 4 is 5.97 Å². The summed E-state index contributed by atoms with van der Waals surface area (Å²) >= 11 is 0. The Morgan fingerprint density at radius 2 is 1.95 bits per heavy atom. The molecule has 0 aromatic heterocycles. The fraction of sp³-hybridized carbons (Fsp3) is 0.938. The third-order valence-electron chi connectivity index (χ3n) is 4.98. The summed E-state index contributed by atoms with van der Waals surface area (Å²) in [6, 6.07) is 0. The van der Waals surface area contributed by atoms with E-state index in [1.807, 2.05) is 0 Å². The molecule has 1 aliphatic carbocycles. The zero-order valence-electron chi connectivity index (χ0n) is 12.5. The zero-order chi connectivity index (χ0) is 13.8. The van der Waals surface area contributed by atoms with Crippen molar-refractivity contribution in [2.45, 2.75) is 52.4 Å². The Bertz CT molecular complexity index is 305. The van der Waals surface area contributed by atoms with Gasteiger partial charge in [0.15, 0.2) is 0 Å². The number of hydrogen-bond acceptors (Lipinski definition) is 2. The van der Waals surface area contributed by atoms with E-state index in [4.69, 9.17) is 0 Å². The maximum absolute atomic E-state index is 11.2. The molecular formula is C16H29NO2. The first-order chi connectivity index (χ1) is 9.04. The third-order valence-corrected chi connectivity index (χ3v) is 4.98. The molecule has 2 rings (SSSR count). The number of aliphatic carboxylic acids is 1. The van der Waals surface area contributed by atoms with Gasteiger partial charge in [0.2, 0.25) is 0 Å². The second-order valence-corrected chi connectivity index (χ2v) is 7.06. The van der Waals surface area contributed by atoms with Crippen LogP contribution in [0.25, 0.3) is 0 Å². The lowest BCUT2D eigenvalue weighted by molar-refractivity contribution is -0.144. The number of piperidine rings is 1. The Balaban J connectivity index is 1.76. The van der Waals surface area contributed by atoms with Crippen LogP contribution >= 0.6 is 0 Å². The van der Waals surface area contributed by atoms with Gasteiger partial charge in [-0.3, -0.25) is 4.79 Å². The highest BCUT2D eigenvalue weighted by atomic mass is 16.4. The molecule has 0 spiro atoms. The van der Waals surface area contributed by atoms with Gasteiger partial charge in [-0.25, -0.2) is 0 Å². The molecule has 1 saturated heterocycles. The van der Waals surface area contributed by atoms with E-state index in [-0.39, 0.29) is 5.92 Å². The minimum atomic E-state index is -0.608. The highest BCUT2D eigenvalue weighted by molar-refractivity contribution is 5.70. The monoisotopic (exact) mass is 267 g/mol. The maximum atomic E-state index is 11.2. The average molecular weight is 267 g/mol. The van der Waals surface area contributed by atoms with Crippen molar-refractivity contribution in [2.75, 3.05) is 19.6 Å². The molecule has 0 bridgehead atoms. The van der Waals surface area contributed by atoms with Crippen molar-refractivity contribution in [3.8, 4) is 0 Å². The van der Waals surface area contributed by atoms with Crippen molar-refractivity contribution in [3.63, 3.8) is 0 Å². The van der Waals surface area contributed by atoms with Crippen molar-refractivity contribution in [3.05, 3.63) is 0 Å². The third kappa shape index (κ3) is 4.48. The quantitative estimate of drug-likeness (QED) is 0.850. The first-order valence-corrected chi connectivity index (χ1v) is 7.99. The first kappa shape index (κ1) is 14.8. The number of likely N-dealkylation sites (tertiary alicyclic amines) is 1. The van der Waals surface area contributed by atoms with E-state index >= 15 is 0 Å². The molecule has 110 valence electrons. The lowest BCUT2D eigenvalue weighted by Crippen LogP contribution is -2.43. The summed E-state index contributed by atoms with van der Waals surface area (Å²) < 4.78 is 0. The summed E-state index contributed by atoms with van der Waals surface area (Å²) in [6.07, 6.45) is 7.68. The molecule has 1 aliphatic heterocycles. The van der Waals surface area contributed by atoms with Crippen LogP contribution in [0.1, 0.15) is 52.4 Å². The van der Waals surface area contributed by atoms with E-state index in [1.165, 1.54) is 32.1 Å². The number of carbonyl (C=O) groups is 1. The van der Waals surface area contributed by atoms with Gasteiger partial charge in [-0.05, 0) is 43.6 Å². The van der Waals surface area contributed by atoms with Crippen LogP contribution in [0, 0.1) is 23.7 Å². The van der Waals surface area contributed by atoms with E-state index in [9.17, 15) is 9.90 Å². The van der Waals surface area contributed by atoms with Gasteiger partial charge in [-0.1, -0.05) is 33.1 Å². The topological polar surface area (TPSA) is 40.5 Å². The van der Waals surface area contributed by atoms with Gasteiger partial charge in [-0.15, -0.1) is 0 Å². The number of hydrogen-bond donors (Lipinski definition) is 1. The fourth-order valence-electron chi connectivity index (χ4n) is 4.01. The predicted molar refractivity (Wildman–Crippen MR) is 77.1 cm³/mol. The van der Waals surface area contributed by atoms with Crippen molar-refractivity contribution in [1.82, 2.24) is 4.90 Å². The van der Waals surface area contributed by atoms with Crippen LogP contribution in [0.3, 0.4) is 0 Å². The summed E-state index contributed by atoms with van der Waals surface area (Å²) in [5.74, 6) is 1.55. The van der Waals surface area contributed by atoms with Crippen LogP contribution in [0.15, 0.2) is 0 Å². The van der Waals surface area contributed by atoms with Gasteiger partial charge in [-0.2, -0.15) is 0 Å². The Kier molecular flexibility index (Phi) is 5.26. The van der Waals surface area contributed by atoms with Crippen molar-refractivity contribution < 1.29 is 9.90 Å². The predicted octanol–water partition coefficient (Wildman–Crippen LogP) is 3.25. The van der Waals surface area contributed by atoms with E-state index in [1.54, 1.807) is 0 Å². The molecule has 0 radical (unpaired) electrons. The standard InChI is InChI=1S/C16H29NO2/c1-12-4-3-5-14(8-12)6-7-17-10-13(2)9-15(11-17)16(18)19/h12-15H,3-11H2,1-2H3,(H,18,19). The normalized spacial score (nSPS) is 37.2. The van der Waals surface area contributed by atoms with Crippen molar-refractivity contribution in [1.29, 1.82) is 0 Å². The second-order valence-electron chi connectivity index (χ2n) is 7.06. The maximum Gasteiger partial charge on any atom is 0.307 e. The Morgan fingerprint density at radius 3 is 2.63 bits per heavy atom. The number of carboxylic acid groups (broad SMARTS) is 1.